The molecule has 20 heavy (non-hydrogen) atoms. The fraction of sp³-hybridized carbons (Fsp3) is 0.368. The zero-order chi connectivity index (χ0) is 14.2. The molecule has 106 valence electrons. The molecule has 0 amide bonds. The molecule has 0 radical (unpaired) electrons. The summed E-state index contributed by atoms with van der Waals surface area (Å²) in [4.78, 5) is 0. The molecule has 0 saturated carbocycles. The SMILES string of the molecule is C=CCCCCCC(N)Cc1ccc2ccccc2c1. The third-order valence-electron chi connectivity index (χ3n) is 3.79. The average Bonchev–Trinajstić information content (AvgIpc) is 2.47. The van der Waals surface area contributed by atoms with E-state index in [1.807, 2.05) is 6.08 Å². The molecule has 0 aromatic heterocycles. The first-order chi connectivity index (χ1) is 9.79. The molecule has 0 spiro atoms. The van der Waals surface area contributed by atoms with Crippen LogP contribution in [0.5, 0.6) is 0 Å². The first-order valence-electron chi connectivity index (χ1n) is 7.64. The van der Waals surface area contributed by atoms with Gasteiger partial charge < -0.3 is 5.73 Å². The maximum Gasteiger partial charge on any atom is 0.00793 e. The average molecular weight is 267 g/mol. The van der Waals surface area contributed by atoms with E-state index in [0.29, 0.717) is 0 Å². The molecule has 2 rings (SSSR count). The van der Waals surface area contributed by atoms with E-state index in [4.69, 9.17) is 5.73 Å². The Morgan fingerprint density at radius 2 is 1.80 bits per heavy atom. The van der Waals surface area contributed by atoms with E-state index < -0.39 is 0 Å². The summed E-state index contributed by atoms with van der Waals surface area (Å²) in [6, 6.07) is 15.4. The van der Waals surface area contributed by atoms with Crippen LogP contribution < -0.4 is 5.73 Å². The number of hydrogen-bond acceptors (Lipinski definition) is 1. The molecule has 0 fully saturated rings. The lowest BCUT2D eigenvalue weighted by Crippen LogP contribution is -2.22. The van der Waals surface area contributed by atoms with Crippen molar-refractivity contribution in [1.82, 2.24) is 0 Å². The van der Waals surface area contributed by atoms with Crippen molar-refractivity contribution in [1.29, 1.82) is 0 Å². The summed E-state index contributed by atoms with van der Waals surface area (Å²) in [5, 5.41) is 2.61. The van der Waals surface area contributed by atoms with Crippen LogP contribution in [0.3, 0.4) is 0 Å². The van der Waals surface area contributed by atoms with Crippen molar-refractivity contribution in [2.45, 2.75) is 44.6 Å². The van der Waals surface area contributed by atoms with Crippen molar-refractivity contribution in [2.24, 2.45) is 5.73 Å². The predicted molar refractivity (Wildman–Crippen MR) is 88.9 cm³/mol. The lowest BCUT2D eigenvalue weighted by molar-refractivity contribution is 0.551. The molecule has 0 saturated heterocycles. The molecule has 2 aromatic rings. The van der Waals surface area contributed by atoms with Crippen LogP contribution in [0.15, 0.2) is 55.1 Å². The summed E-state index contributed by atoms with van der Waals surface area (Å²) < 4.78 is 0. The van der Waals surface area contributed by atoms with Crippen molar-refractivity contribution in [2.75, 3.05) is 0 Å². The van der Waals surface area contributed by atoms with Crippen molar-refractivity contribution in [3.05, 3.63) is 60.7 Å². The Morgan fingerprint density at radius 3 is 2.60 bits per heavy atom. The van der Waals surface area contributed by atoms with Crippen LogP contribution in [0.2, 0.25) is 0 Å². The second-order valence-electron chi connectivity index (χ2n) is 5.57. The van der Waals surface area contributed by atoms with E-state index in [0.717, 1.165) is 19.3 Å². The molecule has 0 aliphatic carbocycles. The smallest absolute Gasteiger partial charge is 0.00793 e. The second kappa shape index (κ2) is 7.86. The van der Waals surface area contributed by atoms with Gasteiger partial charge in [0.05, 0.1) is 0 Å². The standard InChI is InChI=1S/C19H25N/c1-2-3-4-5-6-11-19(20)15-16-12-13-17-9-7-8-10-18(17)14-16/h2,7-10,12-14,19H,1,3-6,11,15,20H2. The molecule has 2 N–H and O–H groups in total. The highest BCUT2D eigenvalue weighted by molar-refractivity contribution is 5.82. The van der Waals surface area contributed by atoms with Crippen molar-refractivity contribution < 1.29 is 0 Å². The van der Waals surface area contributed by atoms with Crippen LogP contribution >= 0.6 is 0 Å². The summed E-state index contributed by atoms with van der Waals surface area (Å²) >= 11 is 0. The number of unbranched alkanes of at least 4 members (excludes halogenated alkanes) is 3. The summed E-state index contributed by atoms with van der Waals surface area (Å²) in [7, 11) is 0. The van der Waals surface area contributed by atoms with Gasteiger partial charge in [-0.2, -0.15) is 0 Å². The Bertz CT molecular complexity index is 544. The summed E-state index contributed by atoms with van der Waals surface area (Å²) in [5.41, 5.74) is 7.59. The Kier molecular flexibility index (Phi) is 5.82. The molecular weight excluding hydrogens is 242 g/mol. The lowest BCUT2D eigenvalue weighted by atomic mass is 9.98. The second-order valence-corrected chi connectivity index (χ2v) is 5.57. The molecular formula is C19H25N. The van der Waals surface area contributed by atoms with Gasteiger partial charge in [-0.3, -0.25) is 0 Å². The minimum Gasteiger partial charge on any atom is -0.327 e. The molecule has 1 atom stereocenters. The Labute approximate surface area is 122 Å². The van der Waals surface area contributed by atoms with Crippen LogP contribution in [0.1, 0.15) is 37.7 Å². The van der Waals surface area contributed by atoms with Crippen LogP contribution in [0.25, 0.3) is 10.8 Å². The van der Waals surface area contributed by atoms with Gasteiger partial charge in [0.2, 0.25) is 0 Å². The number of rotatable bonds is 8. The van der Waals surface area contributed by atoms with Crippen molar-refractivity contribution >= 4 is 10.8 Å². The Hall–Kier alpha value is -1.60. The number of nitrogens with two attached hydrogens (primary N) is 1. The van der Waals surface area contributed by atoms with Gasteiger partial charge in [0.15, 0.2) is 0 Å². The number of hydrogen-bond donors (Lipinski definition) is 1. The molecule has 1 nitrogen and oxygen atoms in total. The van der Waals surface area contributed by atoms with Gasteiger partial charge in [-0.1, -0.05) is 61.4 Å². The summed E-state index contributed by atoms with van der Waals surface area (Å²) in [6.07, 6.45) is 8.94. The van der Waals surface area contributed by atoms with Crippen LogP contribution in [-0.2, 0) is 6.42 Å². The number of allylic oxidation sites excluding steroid dienone is 1. The molecule has 2 aromatic carbocycles. The van der Waals surface area contributed by atoms with E-state index >= 15 is 0 Å². The largest absolute Gasteiger partial charge is 0.327 e. The first kappa shape index (κ1) is 14.8. The highest BCUT2D eigenvalue weighted by Crippen LogP contribution is 2.17. The maximum atomic E-state index is 6.24. The Balaban J connectivity index is 1.83. The van der Waals surface area contributed by atoms with E-state index in [1.165, 1.54) is 35.6 Å². The highest BCUT2D eigenvalue weighted by atomic mass is 14.6. The quantitative estimate of drug-likeness (QED) is 0.537. The van der Waals surface area contributed by atoms with E-state index in [9.17, 15) is 0 Å². The molecule has 0 aliphatic rings. The van der Waals surface area contributed by atoms with Crippen molar-refractivity contribution in [3.8, 4) is 0 Å². The van der Waals surface area contributed by atoms with Crippen LogP contribution in [-0.4, -0.2) is 6.04 Å². The Morgan fingerprint density at radius 1 is 1.00 bits per heavy atom. The van der Waals surface area contributed by atoms with Gasteiger partial charge in [-0.25, -0.2) is 0 Å². The molecule has 0 bridgehead atoms. The molecule has 1 unspecified atom stereocenters. The monoisotopic (exact) mass is 267 g/mol. The zero-order valence-electron chi connectivity index (χ0n) is 12.2. The highest BCUT2D eigenvalue weighted by Gasteiger charge is 2.04. The maximum absolute atomic E-state index is 6.24. The van der Waals surface area contributed by atoms with Crippen LogP contribution in [0.4, 0.5) is 0 Å². The van der Waals surface area contributed by atoms with Gasteiger partial charge in [-0.15, -0.1) is 6.58 Å². The van der Waals surface area contributed by atoms with Gasteiger partial charge in [0, 0.05) is 6.04 Å². The van der Waals surface area contributed by atoms with Crippen molar-refractivity contribution in [3.63, 3.8) is 0 Å². The van der Waals surface area contributed by atoms with E-state index in [-0.39, 0.29) is 6.04 Å². The van der Waals surface area contributed by atoms with E-state index in [1.54, 1.807) is 0 Å². The van der Waals surface area contributed by atoms with Crippen LogP contribution in [0, 0.1) is 0 Å². The fourth-order valence-electron chi connectivity index (χ4n) is 2.64. The first-order valence-corrected chi connectivity index (χ1v) is 7.64. The minimum atomic E-state index is 0.278. The number of fused-ring (bicyclic) bond motifs is 1. The van der Waals surface area contributed by atoms with Gasteiger partial charge >= 0.3 is 0 Å². The third kappa shape index (κ3) is 4.50. The zero-order valence-corrected chi connectivity index (χ0v) is 12.2. The van der Waals surface area contributed by atoms with Gasteiger partial charge in [0.1, 0.15) is 0 Å². The predicted octanol–water partition coefficient (Wildman–Crippen LogP) is 4.85. The summed E-state index contributed by atoms with van der Waals surface area (Å²) in [5.74, 6) is 0. The number of benzene rings is 2. The normalized spacial score (nSPS) is 12.4. The lowest BCUT2D eigenvalue weighted by Gasteiger charge is -2.12. The van der Waals surface area contributed by atoms with Gasteiger partial charge in [-0.05, 0) is 42.0 Å². The fourth-order valence-corrected chi connectivity index (χ4v) is 2.64. The van der Waals surface area contributed by atoms with E-state index in [2.05, 4.69) is 49.0 Å². The van der Waals surface area contributed by atoms with Gasteiger partial charge in [0.25, 0.3) is 0 Å². The molecule has 0 heterocycles. The third-order valence-corrected chi connectivity index (χ3v) is 3.79. The molecule has 0 aliphatic heterocycles. The minimum absolute atomic E-state index is 0.278. The molecule has 1 heteroatoms. The topological polar surface area (TPSA) is 26.0 Å². The summed E-state index contributed by atoms with van der Waals surface area (Å²) in [6.45, 7) is 3.75.